The van der Waals surface area contributed by atoms with Crippen LogP contribution in [0.25, 0.3) is 0 Å². The minimum absolute atomic E-state index is 0.258. The first-order valence-electron chi connectivity index (χ1n) is 4.55. The fraction of sp³-hybridized carbons (Fsp3) is 0.455. The Kier molecular flexibility index (Phi) is 3.61. The van der Waals surface area contributed by atoms with Crippen LogP contribution in [0.4, 0.5) is 4.39 Å². The predicted molar refractivity (Wildman–Crippen MR) is 52.4 cm³/mol. The summed E-state index contributed by atoms with van der Waals surface area (Å²) in [5.41, 5.74) is 0.825. The quantitative estimate of drug-likeness (QED) is 0.692. The summed E-state index contributed by atoms with van der Waals surface area (Å²) in [5, 5.41) is 0. The van der Waals surface area contributed by atoms with Crippen molar-refractivity contribution < 1.29 is 13.9 Å². The SMILES string of the molecule is CCC(OC)(OC)c1ccc(F)cc1. The van der Waals surface area contributed by atoms with Crippen molar-refractivity contribution in [1.82, 2.24) is 0 Å². The molecule has 1 rings (SSSR count). The molecule has 0 aromatic heterocycles. The summed E-state index contributed by atoms with van der Waals surface area (Å²) in [6.07, 6.45) is 0.672. The average molecular weight is 198 g/mol. The van der Waals surface area contributed by atoms with Crippen molar-refractivity contribution in [3.8, 4) is 0 Å². The zero-order chi connectivity index (χ0) is 10.6. The minimum Gasteiger partial charge on any atom is -0.349 e. The monoisotopic (exact) mass is 198 g/mol. The summed E-state index contributed by atoms with van der Waals surface area (Å²) in [4.78, 5) is 0. The molecule has 0 radical (unpaired) electrons. The van der Waals surface area contributed by atoms with Crippen molar-refractivity contribution in [1.29, 1.82) is 0 Å². The summed E-state index contributed by atoms with van der Waals surface area (Å²) in [6.45, 7) is 1.95. The standard InChI is InChI=1S/C11H15FO2/c1-4-11(13-2,14-3)9-5-7-10(12)8-6-9/h5-8H,4H2,1-3H3. The smallest absolute Gasteiger partial charge is 0.193 e. The number of hydrogen-bond acceptors (Lipinski definition) is 2. The second-order valence-electron chi connectivity index (χ2n) is 3.02. The molecule has 14 heavy (non-hydrogen) atoms. The van der Waals surface area contributed by atoms with Crippen molar-refractivity contribution in [2.45, 2.75) is 19.1 Å². The lowest BCUT2D eigenvalue weighted by molar-refractivity contribution is -0.217. The Hall–Kier alpha value is -0.930. The maximum Gasteiger partial charge on any atom is 0.193 e. The lowest BCUT2D eigenvalue weighted by Gasteiger charge is -2.30. The largest absolute Gasteiger partial charge is 0.349 e. The van der Waals surface area contributed by atoms with Crippen LogP contribution in [0.2, 0.25) is 0 Å². The van der Waals surface area contributed by atoms with E-state index in [0.29, 0.717) is 6.42 Å². The van der Waals surface area contributed by atoms with Gasteiger partial charge in [0, 0.05) is 26.2 Å². The van der Waals surface area contributed by atoms with Gasteiger partial charge >= 0.3 is 0 Å². The van der Waals surface area contributed by atoms with Gasteiger partial charge in [-0.25, -0.2) is 4.39 Å². The molecular weight excluding hydrogens is 183 g/mol. The van der Waals surface area contributed by atoms with Crippen molar-refractivity contribution in [2.24, 2.45) is 0 Å². The molecule has 0 atom stereocenters. The van der Waals surface area contributed by atoms with Gasteiger partial charge in [0.05, 0.1) is 0 Å². The van der Waals surface area contributed by atoms with Crippen molar-refractivity contribution >= 4 is 0 Å². The number of ether oxygens (including phenoxy) is 2. The Morgan fingerprint density at radius 3 is 2.00 bits per heavy atom. The van der Waals surface area contributed by atoms with Gasteiger partial charge < -0.3 is 9.47 Å². The Labute approximate surface area is 83.6 Å². The van der Waals surface area contributed by atoms with Gasteiger partial charge in [0.25, 0.3) is 0 Å². The lowest BCUT2D eigenvalue weighted by atomic mass is 10.0. The number of halogens is 1. The molecule has 0 saturated heterocycles. The normalized spacial score (nSPS) is 11.7. The summed E-state index contributed by atoms with van der Waals surface area (Å²) in [6, 6.07) is 6.15. The number of rotatable bonds is 4. The van der Waals surface area contributed by atoms with Crippen LogP contribution in [0, 0.1) is 5.82 Å². The molecule has 78 valence electrons. The van der Waals surface area contributed by atoms with E-state index in [1.54, 1.807) is 26.4 Å². The van der Waals surface area contributed by atoms with Gasteiger partial charge in [-0.2, -0.15) is 0 Å². The highest BCUT2D eigenvalue weighted by molar-refractivity contribution is 5.21. The van der Waals surface area contributed by atoms with E-state index in [2.05, 4.69) is 0 Å². The van der Waals surface area contributed by atoms with E-state index in [1.165, 1.54) is 12.1 Å². The van der Waals surface area contributed by atoms with Crippen LogP contribution in [0.15, 0.2) is 24.3 Å². The van der Waals surface area contributed by atoms with Crippen molar-refractivity contribution in [3.05, 3.63) is 35.6 Å². The topological polar surface area (TPSA) is 18.5 Å². The molecule has 0 amide bonds. The maximum atomic E-state index is 12.7. The average Bonchev–Trinajstić information content (AvgIpc) is 2.24. The highest BCUT2D eigenvalue weighted by Gasteiger charge is 2.29. The molecule has 0 aliphatic rings. The summed E-state index contributed by atoms with van der Waals surface area (Å²) in [7, 11) is 3.16. The van der Waals surface area contributed by atoms with E-state index < -0.39 is 5.79 Å². The first-order valence-corrected chi connectivity index (χ1v) is 4.55. The zero-order valence-corrected chi connectivity index (χ0v) is 8.71. The Morgan fingerprint density at radius 1 is 1.14 bits per heavy atom. The third kappa shape index (κ3) is 1.94. The summed E-state index contributed by atoms with van der Waals surface area (Å²) in [5.74, 6) is -1.01. The van der Waals surface area contributed by atoms with Crippen LogP contribution in [0.1, 0.15) is 18.9 Å². The van der Waals surface area contributed by atoms with E-state index in [4.69, 9.17) is 9.47 Å². The van der Waals surface area contributed by atoms with Crippen LogP contribution in [-0.2, 0) is 15.3 Å². The third-order valence-corrected chi connectivity index (χ3v) is 2.41. The third-order valence-electron chi connectivity index (χ3n) is 2.41. The molecule has 0 spiro atoms. The molecule has 1 aromatic rings. The Morgan fingerprint density at radius 2 is 1.64 bits per heavy atom. The fourth-order valence-corrected chi connectivity index (χ4v) is 1.52. The summed E-state index contributed by atoms with van der Waals surface area (Å²) < 4.78 is 23.3. The maximum absolute atomic E-state index is 12.7. The van der Waals surface area contributed by atoms with E-state index in [9.17, 15) is 4.39 Å². The molecule has 0 N–H and O–H groups in total. The molecule has 0 unspecified atom stereocenters. The molecule has 3 heteroatoms. The molecule has 0 saturated carbocycles. The van der Waals surface area contributed by atoms with Gasteiger partial charge in [-0.05, 0) is 12.1 Å². The highest BCUT2D eigenvalue weighted by Crippen LogP contribution is 2.29. The Bertz CT molecular complexity index is 270. The van der Waals surface area contributed by atoms with Gasteiger partial charge in [0.1, 0.15) is 5.82 Å². The van der Waals surface area contributed by atoms with Gasteiger partial charge in [-0.15, -0.1) is 0 Å². The number of hydrogen-bond donors (Lipinski definition) is 0. The van der Waals surface area contributed by atoms with Crippen molar-refractivity contribution in [2.75, 3.05) is 14.2 Å². The van der Waals surface area contributed by atoms with E-state index >= 15 is 0 Å². The van der Waals surface area contributed by atoms with E-state index in [1.807, 2.05) is 6.92 Å². The molecule has 2 nitrogen and oxygen atoms in total. The second-order valence-corrected chi connectivity index (χ2v) is 3.02. The molecule has 0 fully saturated rings. The Balaban J connectivity index is 3.05. The lowest BCUT2D eigenvalue weighted by Crippen LogP contribution is -2.29. The first kappa shape index (κ1) is 11.1. The van der Waals surface area contributed by atoms with Crippen molar-refractivity contribution in [3.63, 3.8) is 0 Å². The van der Waals surface area contributed by atoms with Gasteiger partial charge in [-0.3, -0.25) is 0 Å². The second kappa shape index (κ2) is 4.53. The number of benzene rings is 1. The van der Waals surface area contributed by atoms with Crippen LogP contribution < -0.4 is 0 Å². The van der Waals surface area contributed by atoms with Gasteiger partial charge in [-0.1, -0.05) is 19.1 Å². The molecule has 0 aliphatic carbocycles. The molecule has 0 aliphatic heterocycles. The van der Waals surface area contributed by atoms with E-state index in [0.717, 1.165) is 5.56 Å². The van der Waals surface area contributed by atoms with Gasteiger partial charge in [0.15, 0.2) is 5.79 Å². The van der Waals surface area contributed by atoms with E-state index in [-0.39, 0.29) is 5.82 Å². The molecule has 0 bridgehead atoms. The van der Waals surface area contributed by atoms with Crippen LogP contribution in [-0.4, -0.2) is 14.2 Å². The number of methoxy groups -OCH3 is 2. The fourth-order valence-electron chi connectivity index (χ4n) is 1.52. The zero-order valence-electron chi connectivity index (χ0n) is 8.71. The highest BCUT2D eigenvalue weighted by atomic mass is 19.1. The van der Waals surface area contributed by atoms with Crippen LogP contribution in [0.5, 0.6) is 0 Å². The first-order chi connectivity index (χ1) is 6.68. The summed E-state index contributed by atoms with van der Waals surface area (Å²) >= 11 is 0. The van der Waals surface area contributed by atoms with Crippen LogP contribution >= 0.6 is 0 Å². The molecule has 0 heterocycles. The van der Waals surface area contributed by atoms with Crippen LogP contribution in [0.3, 0.4) is 0 Å². The molecular formula is C11H15FO2. The van der Waals surface area contributed by atoms with Gasteiger partial charge in [0.2, 0.25) is 0 Å². The minimum atomic E-state index is -0.756. The molecule has 1 aromatic carbocycles. The predicted octanol–water partition coefficient (Wildman–Crippen LogP) is 2.68.